The van der Waals surface area contributed by atoms with E-state index in [0.29, 0.717) is 12.2 Å². The highest BCUT2D eigenvalue weighted by atomic mass is 16.3. The van der Waals surface area contributed by atoms with Crippen molar-refractivity contribution in [3.05, 3.63) is 22.8 Å². The normalized spacial score (nSPS) is 21.6. The summed E-state index contributed by atoms with van der Waals surface area (Å²) in [5.74, 6) is 0.472. The fourth-order valence-corrected chi connectivity index (χ4v) is 4.09. The number of aliphatic hydroxyl groups excluding tert-OH is 1. The van der Waals surface area contributed by atoms with Gasteiger partial charge in [-0.25, -0.2) is 0 Å². The second-order valence-corrected chi connectivity index (χ2v) is 8.24. The van der Waals surface area contributed by atoms with Crippen LogP contribution < -0.4 is 4.90 Å². The van der Waals surface area contributed by atoms with E-state index in [9.17, 15) is 5.11 Å². The van der Waals surface area contributed by atoms with Crippen LogP contribution in [0.2, 0.25) is 0 Å². The Hall–Kier alpha value is -1.22. The Morgan fingerprint density at radius 1 is 1.09 bits per heavy atom. The van der Waals surface area contributed by atoms with Crippen LogP contribution in [0.4, 0.5) is 5.69 Å². The molecule has 122 valence electrons. The summed E-state index contributed by atoms with van der Waals surface area (Å²) in [6, 6.07) is 2.21. The first-order valence-corrected chi connectivity index (χ1v) is 8.53. The van der Waals surface area contributed by atoms with Gasteiger partial charge in [0.1, 0.15) is 5.75 Å². The van der Waals surface area contributed by atoms with Gasteiger partial charge in [-0.05, 0) is 53.7 Å². The molecule has 0 spiro atoms. The smallest absolute Gasteiger partial charge is 0.124 e. The molecule has 3 rings (SSSR count). The van der Waals surface area contributed by atoms with Crippen LogP contribution in [-0.4, -0.2) is 29.9 Å². The van der Waals surface area contributed by atoms with Crippen LogP contribution in [0, 0.1) is 0 Å². The summed E-state index contributed by atoms with van der Waals surface area (Å²) in [4.78, 5) is 2.47. The molecule has 1 aromatic rings. The van der Waals surface area contributed by atoms with Gasteiger partial charge in [-0.1, -0.05) is 27.7 Å². The molecular weight excluding hydrogens is 274 g/mol. The fraction of sp³-hybridized carbons (Fsp3) is 0.684. The van der Waals surface area contributed by atoms with Crippen molar-refractivity contribution < 1.29 is 10.2 Å². The van der Waals surface area contributed by atoms with Gasteiger partial charge in [-0.15, -0.1) is 0 Å². The molecule has 0 saturated heterocycles. The zero-order chi connectivity index (χ0) is 16.1. The van der Waals surface area contributed by atoms with Gasteiger partial charge in [-0.3, -0.25) is 0 Å². The topological polar surface area (TPSA) is 43.7 Å². The predicted molar refractivity (Wildman–Crippen MR) is 91.0 cm³/mol. The molecule has 0 radical (unpaired) electrons. The lowest BCUT2D eigenvalue weighted by Crippen LogP contribution is -2.44. The van der Waals surface area contributed by atoms with Crippen molar-refractivity contribution in [2.45, 2.75) is 64.2 Å². The molecule has 3 nitrogen and oxygen atoms in total. The second-order valence-electron chi connectivity index (χ2n) is 8.24. The third kappa shape index (κ3) is 2.30. The molecule has 0 amide bonds. The average molecular weight is 303 g/mol. The van der Waals surface area contributed by atoms with Crippen molar-refractivity contribution in [1.29, 1.82) is 0 Å². The van der Waals surface area contributed by atoms with E-state index in [0.717, 1.165) is 43.5 Å². The lowest BCUT2D eigenvalue weighted by molar-refractivity contribution is 0.287. The van der Waals surface area contributed by atoms with E-state index in [1.165, 1.54) is 11.3 Å². The monoisotopic (exact) mass is 303 g/mol. The predicted octanol–water partition coefficient (Wildman–Crippen LogP) is 3.49. The molecule has 0 aromatic heterocycles. The highest BCUT2D eigenvalue weighted by Gasteiger charge is 2.42. The molecule has 0 aliphatic carbocycles. The number of hydrogen-bond acceptors (Lipinski definition) is 3. The number of aromatic hydroxyl groups is 1. The zero-order valence-corrected chi connectivity index (χ0v) is 14.4. The van der Waals surface area contributed by atoms with Gasteiger partial charge in [-0.2, -0.15) is 0 Å². The number of benzene rings is 1. The first-order chi connectivity index (χ1) is 10.3. The van der Waals surface area contributed by atoms with E-state index >= 15 is 0 Å². The maximum absolute atomic E-state index is 10.9. The number of hydrogen-bond donors (Lipinski definition) is 2. The molecule has 3 heteroatoms. The standard InChI is InChI=1S/C19H29NO2/c1-18(2)7-9-20-10-8-19(3,4)15-16(20)14(18)12-13(17(15)22)6-5-11-21/h12,21-22H,5-11H2,1-4H3. The minimum atomic E-state index is 0.00725. The molecular formula is C19H29NO2. The van der Waals surface area contributed by atoms with Crippen molar-refractivity contribution in [1.82, 2.24) is 0 Å². The Balaban J connectivity index is 2.25. The maximum Gasteiger partial charge on any atom is 0.124 e. The number of aryl methyl sites for hydroxylation is 1. The van der Waals surface area contributed by atoms with E-state index in [1.807, 2.05) is 0 Å². The van der Waals surface area contributed by atoms with Gasteiger partial charge in [0.05, 0.1) is 0 Å². The summed E-state index contributed by atoms with van der Waals surface area (Å²) >= 11 is 0. The Labute approximate surface area is 134 Å². The van der Waals surface area contributed by atoms with Crippen LogP contribution in [0.25, 0.3) is 0 Å². The lowest BCUT2D eigenvalue weighted by atomic mass is 9.68. The number of aliphatic hydroxyl groups is 1. The number of phenols is 1. The van der Waals surface area contributed by atoms with Crippen molar-refractivity contribution in [3.63, 3.8) is 0 Å². The third-order valence-electron chi connectivity index (χ3n) is 5.69. The molecule has 0 unspecified atom stereocenters. The number of rotatable bonds is 3. The highest BCUT2D eigenvalue weighted by Crippen LogP contribution is 2.53. The van der Waals surface area contributed by atoms with Crippen molar-refractivity contribution in [2.24, 2.45) is 0 Å². The second kappa shape index (κ2) is 5.16. The summed E-state index contributed by atoms with van der Waals surface area (Å²) in [6.45, 7) is 11.5. The quantitative estimate of drug-likeness (QED) is 0.898. The first-order valence-electron chi connectivity index (χ1n) is 8.53. The summed E-state index contributed by atoms with van der Waals surface area (Å²) in [5, 5.41) is 20.1. The molecule has 0 bridgehead atoms. The summed E-state index contributed by atoms with van der Waals surface area (Å²) in [6.07, 6.45) is 3.69. The van der Waals surface area contributed by atoms with E-state index in [1.54, 1.807) is 0 Å². The van der Waals surface area contributed by atoms with Crippen LogP contribution in [0.3, 0.4) is 0 Å². The summed E-state index contributed by atoms with van der Waals surface area (Å²) in [7, 11) is 0. The van der Waals surface area contributed by atoms with Crippen LogP contribution in [-0.2, 0) is 17.3 Å². The van der Waals surface area contributed by atoms with Gasteiger partial charge in [0.15, 0.2) is 0 Å². The summed E-state index contributed by atoms with van der Waals surface area (Å²) in [5.41, 5.74) is 4.97. The van der Waals surface area contributed by atoms with Crippen LogP contribution in [0.15, 0.2) is 6.07 Å². The first kappa shape index (κ1) is 15.7. The van der Waals surface area contributed by atoms with Crippen LogP contribution in [0.5, 0.6) is 5.75 Å². The molecule has 0 fully saturated rings. The van der Waals surface area contributed by atoms with Crippen LogP contribution >= 0.6 is 0 Å². The van der Waals surface area contributed by atoms with Gasteiger partial charge in [0.25, 0.3) is 0 Å². The molecule has 2 heterocycles. The average Bonchev–Trinajstić information content (AvgIpc) is 2.44. The molecule has 2 N–H and O–H groups in total. The zero-order valence-electron chi connectivity index (χ0n) is 14.4. The molecule has 2 aliphatic rings. The highest BCUT2D eigenvalue weighted by molar-refractivity contribution is 5.73. The fourth-order valence-electron chi connectivity index (χ4n) is 4.09. The minimum absolute atomic E-state index is 0.00725. The number of phenolic OH excluding ortho intramolecular Hbond substituents is 1. The Morgan fingerprint density at radius 3 is 2.36 bits per heavy atom. The minimum Gasteiger partial charge on any atom is -0.507 e. The van der Waals surface area contributed by atoms with E-state index in [2.05, 4.69) is 38.7 Å². The molecule has 22 heavy (non-hydrogen) atoms. The maximum atomic E-state index is 10.9. The van der Waals surface area contributed by atoms with Crippen LogP contribution in [0.1, 0.15) is 63.6 Å². The Bertz CT molecular complexity index is 588. The Morgan fingerprint density at radius 2 is 1.73 bits per heavy atom. The molecule has 2 aliphatic heterocycles. The van der Waals surface area contributed by atoms with Gasteiger partial charge in [0.2, 0.25) is 0 Å². The van der Waals surface area contributed by atoms with Gasteiger partial charge in [0, 0.05) is 30.9 Å². The third-order valence-corrected chi connectivity index (χ3v) is 5.69. The van der Waals surface area contributed by atoms with Crippen molar-refractivity contribution in [2.75, 3.05) is 24.6 Å². The van der Waals surface area contributed by atoms with Crippen molar-refractivity contribution in [3.8, 4) is 5.75 Å². The van der Waals surface area contributed by atoms with Crippen molar-refractivity contribution >= 4 is 5.69 Å². The number of anilines is 1. The SMILES string of the molecule is CC1(C)CCN2CCC(C)(C)c3c(O)c(CCCO)cc1c32. The lowest BCUT2D eigenvalue weighted by Gasteiger charge is -2.48. The molecule has 1 aromatic carbocycles. The largest absolute Gasteiger partial charge is 0.507 e. The number of nitrogens with zero attached hydrogens (tertiary/aromatic N) is 1. The van der Waals surface area contributed by atoms with E-state index in [-0.39, 0.29) is 17.4 Å². The molecule has 0 atom stereocenters. The van der Waals surface area contributed by atoms with E-state index < -0.39 is 0 Å². The molecule has 0 saturated carbocycles. The van der Waals surface area contributed by atoms with E-state index in [4.69, 9.17) is 5.11 Å². The van der Waals surface area contributed by atoms with Gasteiger partial charge < -0.3 is 15.1 Å². The Kier molecular flexibility index (Phi) is 3.67. The van der Waals surface area contributed by atoms with Gasteiger partial charge >= 0.3 is 0 Å². The summed E-state index contributed by atoms with van der Waals surface area (Å²) < 4.78 is 0.